The highest BCUT2D eigenvalue weighted by atomic mass is 16.5. The lowest BCUT2D eigenvalue weighted by atomic mass is 9.69. The van der Waals surface area contributed by atoms with Crippen molar-refractivity contribution in [1.29, 1.82) is 0 Å². The van der Waals surface area contributed by atoms with Gasteiger partial charge in [0.25, 0.3) is 0 Å². The fourth-order valence-corrected chi connectivity index (χ4v) is 2.41. The molecule has 0 bridgehead atoms. The van der Waals surface area contributed by atoms with Crippen molar-refractivity contribution in [2.45, 2.75) is 25.7 Å². The van der Waals surface area contributed by atoms with E-state index >= 15 is 0 Å². The molecule has 1 amide bonds. The summed E-state index contributed by atoms with van der Waals surface area (Å²) in [5.74, 6) is 0.866. The molecule has 19 heavy (non-hydrogen) atoms. The van der Waals surface area contributed by atoms with Gasteiger partial charge in [-0.05, 0) is 42.5 Å². The number of carbonyl (C=O) groups excluding carboxylic acids is 1. The predicted molar refractivity (Wildman–Crippen MR) is 75.0 cm³/mol. The summed E-state index contributed by atoms with van der Waals surface area (Å²) in [4.78, 5) is 11.9. The van der Waals surface area contributed by atoms with Crippen molar-refractivity contribution in [3.63, 3.8) is 0 Å². The number of ether oxygens (including phenoxy) is 1. The van der Waals surface area contributed by atoms with Crippen LogP contribution in [0, 0.1) is 5.41 Å². The molecule has 1 aliphatic rings. The molecule has 0 aromatic heterocycles. The molecular formula is C15H22N2O2. The van der Waals surface area contributed by atoms with Gasteiger partial charge in [-0.1, -0.05) is 18.6 Å². The summed E-state index contributed by atoms with van der Waals surface area (Å²) in [6, 6.07) is 7.58. The van der Waals surface area contributed by atoms with Crippen LogP contribution in [0.2, 0.25) is 0 Å². The van der Waals surface area contributed by atoms with Crippen molar-refractivity contribution in [3.8, 4) is 5.75 Å². The SMILES string of the molecule is COc1ccc(CC(=O)NCC2(CN)CCC2)cc1. The maximum Gasteiger partial charge on any atom is 0.224 e. The number of hydrogen-bond donors (Lipinski definition) is 2. The molecule has 0 aliphatic heterocycles. The van der Waals surface area contributed by atoms with Gasteiger partial charge in [0.05, 0.1) is 13.5 Å². The van der Waals surface area contributed by atoms with Crippen molar-refractivity contribution >= 4 is 5.91 Å². The highest BCUT2D eigenvalue weighted by Gasteiger charge is 2.35. The van der Waals surface area contributed by atoms with E-state index in [2.05, 4.69) is 5.32 Å². The number of methoxy groups -OCH3 is 1. The molecule has 4 heteroatoms. The molecule has 3 N–H and O–H groups in total. The molecular weight excluding hydrogens is 240 g/mol. The summed E-state index contributed by atoms with van der Waals surface area (Å²) in [6.07, 6.45) is 3.90. The first kappa shape index (κ1) is 13.9. The minimum atomic E-state index is 0.0601. The van der Waals surface area contributed by atoms with E-state index in [0.29, 0.717) is 19.5 Å². The Morgan fingerprint density at radius 2 is 2.05 bits per heavy atom. The topological polar surface area (TPSA) is 64.3 Å². The number of carbonyl (C=O) groups is 1. The van der Waals surface area contributed by atoms with Gasteiger partial charge < -0.3 is 15.8 Å². The molecule has 0 saturated heterocycles. The fourth-order valence-electron chi connectivity index (χ4n) is 2.41. The second-order valence-electron chi connectivity index (χ2n) is 5.36. The van der Waals surface area contributed by atoms with Gasteiger partial charge in [-0.15, -0.1) is 0 Å². The van der Waals surface area contributed by atoms with Crippen molar-refractivity contribution in [1.82, 2.24) is 5.32 Å². The Kier molecular flexibility index (Phi) is 4.43. The number of rotatable bonds is 6. The lowest BCUT2D eigenvalue weighted by Crippen LogP contribution is -2.47. The summed E-state index contributed by atoms with van der Waals surface area (Å²) >= 11 is 0. The van der Waals surface area contributed by atoms with Gasteiger partial charge in [0.1, 0.15) is 5.75 Å². The third kappa shape index (κ3) is 3.47. The predicted octanol–water partition coefficient (Wildman–Crippen LogP) is 1.48. The van der Waals surface area contributed by atoms with E-state index in [1.807, 2.05) is 24.3 Å². The van der Waals surface area contributed by atoms with Crippen LogP contribution in [0.15, 0.2) is 24.3 Å². The molecule has 0 radical (unpaired) electrons. The van der Waals surface area contributed by atoms with Crippen molar-refractivity contribution in [2.75, 3.05) is 20.2 Å². The Balaban J connectivity index is 1.80. The second kappa shape index (κ2) is 6.06. The van der Waals surface area contributed by atoms with Crippen LogP contribution in [-0.4, -0.2) is 26.1 Å². The first-order chi connectivity index (χ1) is 9.17. The van der Waals surface area contributed by atoms with Gasteiger partial charge in [0.2, 0.25) is 5.91 Å². The third-order valence-electron chi connectivity index (χ3n) is 4.03. The lowest BCUT2D eigenvalue weighted by Gasteiger charge is -2.41. The quantitative estimate of drug-likeness (QED) is 0.816. The van der Waals surface area contributed by atoms with Crippen molar-refractivity contribution in [3.05, 3.63) is 29.8 Å². The van der Waals surface area contributed by atoms with Crippen LogP contribution in [0.25, 0.3) is 0 Å². The van der Waals surface area contributed by atoms with Gasteiger partial charge in [-0.25, -0.2) is 0 Å². The summed E-state index contributed by atoms with van der Waals surface area (Å²) in [6.45, 7) is 1.37. The molecule has 0 unspecified atom stereocenters. The molecule has 1 aromatic rings. The minimum Gasteiger partial charge on any atom is -0.497 e. The zero-order valence-corrected chi connectivity index (χ0v) is 11.4. The zero-order chi connectivity index (χ0) is 13.7. The summed E-state index contributed by atoms with van der Waals surface area (Å²) < 4.78 is 5.09. The van der Waals surface area contributed by atoms with Crippen LogP contribution >= 0.6 is 0 Å². The Hall–Kier alpha value is -1.55. The van der Waals surface area contributed by atoms with E-state index in [4.69, 9.17) is 10.5 Å². The van der Waals surface area contributed by atoms with Crippen LogP contribution in [0.5, 0.6) is 5.75 Å². The number of benzene rings is 1. The molecule has 0 atom stereocenters. The van der Waals surface area contributed by atoms with E-state index in [-0.39, 0.29) is 11.3 Å². The Labute approximate surface area is 114 Å². The first-order valence-corrected chi connectivity index (χ1v) is 6.77. The van der Waals surface area contributed by atoms with Gasteiger partial charge >= 0.3 is 0 Å². The molecule has 1 aromatic carbocycles. The fraction of sp³-hybridized carbons (Fsp3) is 0.533. The van der Waals surface area contributed by atoms with Crippen molar-refractivity contribution in [2.24, 2.45) is 11.1 Å². The Bertz CT molecular complexity index is 419. The van der Waals surface area contributed by atoms with Crippen LogP contribution < -0.4 is 15.8 Å². The maximum atomic E-state index is 11.9. The summed E-state index contributed by atoms with van der Waals surface area (Å²) in [7, 11) is 1.63. The van der Waals surface area contributed by atoms with Crippen LogP contribution in [0.1, 0.15) is 24.8 Å². The molecule has 4 nitrogen and oxygen atoms in total. The standard InChI is InChI=1S/C15H22N2O2/c1-19-13-5-3-12(4-6-13)9-14(18)17-11-15(10-16)7-2-8-15/h3-6H,2,7-11,16H2,1H3,(H,17,18). The number of nitrogens with one attached hydrogen (secondary N) is 1. The van der Waals surface area contributed by atoms with E-state index in [1.165, 1.54) is 6.42 Å². The van der Waals surface area contributed by atoms with Gasteiger partial charge in [0.15, 0.2) is 0 Å². The third-order valence-corrected chi connectivity index (χ3v) is 4.03. The average molecular weight is 262 g/mol. The molecule has 104 valence electrons. The molecule has 2 rings (SSSR count). The number of amides is 1. The van der Waals surface area contributed by atoms with E-state index < -0.39 is 0 Å². The van der Waals surface area contributed by atoms with Gasteiger partial charge in [0, 0.05) is 6.54 Å². The average Bonchev–Trinajstić information content (AvgIpc) is 2.39. The zero-order valence-electron chi connectivity index (χ0n) is 11.4. The van der Waals surface area contributed by atoms with E-state index in [1.54, 1.807) is 7.11 Å². The highest BCUT2D eigenvalue weighted by Crippen LogP contribution is 2.39. The van der Waals surface area contributed by atoms with Crippen molar-refractivity contribution < 1.29 is 9.53 Å². The number of hydrogen-bond acceptors (Lipinski definition) is 3. The molecule has 1 aliphatic carbocycles. The van der Waals surface area contributed by atoms with Crippen LogP contribution in [0.3, 0.4) is 0 Å². The smallest absolute Gasteiger partial charge is 0.224 e. The van der Waals surface area contributed by atoms with Gasteiger partial charge in [-0.2, -0.15) is 0 Å². The van der Waals surface area contributed by atoms with Crippen LogP contribution in [0.4, 0.5) is 0 Å². The van der Waals surface area contributed by atoms with E-state index in [0.717, 1.165) is 24.2 Å². The molecule has 1 fully saturated rings. The summed E-state index contributed by atoms with van der Waals surface area (Å²) in [5, 5.41) is 3.00. The van der Waals surface area contributed by atoms with Gasteiger partial charge in [-0.3, -0.25) is 4.79 Å². The Morgan fingerprint density at radius 1 is 1.37 bits per heavy atom. The lowest BCUT2D eigenvalue weighted by molar-refractivity contribution is -0.121. The number of nitrogens with two attached hydrogens (primary N) is 1. The molecule has 1 saturated carbocycles. The monoisotopic (exact) mass is 262 g/mol. The molecule has 0 heterocycles. The molecule has 0 spiro atoms. The summed E-state index contributed by atoms with van der Waals surface area (Å²) in [5.41, 5.74) is 6.93. The largest absolute Gasteiger partial charge is 0.497 e. The Morgan fingerprint density at radius 3 is 2.53 bits per heavy atom. The first-order valence-electron chi connectivity index (χ1n) is 6.77. The highest BCUT2D eigenvalue weighted by molar-refractivity contribution is 5.78. The second-order valence-corrected chi connectivity index (χ2v) is 5.36. The maximum absolute atomic E-state index is 11.9. The van der Waals surface area contributed by atoms with Crippen LogP contribution in [-0.2, 0) is 11.2 Å². The minimum absolute atomic E-state index is 0.0601. The van der Waals surface area contributed by atoms with E-state index in [9.17, 15) is 4.79 Å². The normalized spacial score (nSPS) is 16.5.